The Morgan fingerprint density at radius 1 is 0.857 bits per heavy atom. The lowest BCUT2D eigenvalue weighted by Crippen LogP contribution is -2.05. The third-order valence-electron chi connectivity index (χ3n) is 1.18. The SMILES string of the molecule is O=[N+]([O-])Oc1ccc(O[N+](=O)[O-])cc1. The number of hydrogen-bond acceptors (Lipinski definition) is 6. The Labute approximate surface area is 76.9 Å². The van der Waals surface area contributed by atoms with Crippen LogP contribution < -0.4 is 9.68 Å². The van der Waals surface area contributed by atoms with Crippen molar-refractivity contribution in [1.29, 1.82) is 0 Å². The summed E-state index contributed by atoms with van der Waals surface area (Å²) in [5, 5.41) is 17.8. The Morgan fingerprint density at radius 3 is 1.36 bits per heavy atom. The average molecular weight is 200 g/mol. The zero-order chi connectivity index (χ0) is 10.6. The van der Waals surface area contributed by atoms with Crippen molar-refractivity contribution in [3.63, 3.8) is 0 Å². The van der Waals surface area contributed by atoms with E-state index in [0.717, 1.165) is 0 Å². The predicted molar refractivity (Wildman–Crippen MR) is 41.7 cm³/mol. The van der Waals surface area contributed by atoms with Crippen LogP contribution in [0, 0.1) is 20.2 Å². The minimum atomic E-state index is -0.983. The summed E-state index contributed by atoms with van der Waals surface area (Å²) in [6, 6.07) is 4.73. The maximum absolute atomic E-state index is 9.88. The largest absolute Gasteiger partial charge is 0.299 e. The van der Waals surface area contributed by atoms with Crippen LogP contribution in [-0.4, -0.2) is 10.2 Å². The van der Waals surface area contributed by atoms with E-state index >= 15 is 0 Å². The molecule has 14 heavy (non-hydrogen) atoms. The highest BCUT2D eigenvalue weighted by Gasteiger charge is 2.01. The molecule has 0 bridgehead atoms. The number of benzene rings is 1. The second-order valence-corrected chi connectivity index (χ2v) is 2.10. The van der Waals surface area contributed by atoms with Gasteiger partial charge >= 0.3 is 0 Å². The van der Waals surface area contributed by atoms with E-state index < -0.39 is 10.2 Å². The average Bonchev–Trinajstić information content (AvgIpc) is 2.06. The molecule has 0 unspecified atom stereocenters. The molecule has 0 aliphatic rings. The van der Waals surface area contributed by atoms with Crippen LogP contribution in [0.25, 0.3) is 0 Å². The lowest BCUT2D eigenvalue weighted by atomic mass is 10.3. The smallest absolute Gasteiger partial charge is 0.276 e. The second-order valence-electron chi connectivity index (χ2n) is 2.10. The highest BCUT2D eigenvalue weighted by atomic mass is 17.0. The molecule has 0 saturated heterocycles. The van der Waals surface area contributed by atoms with Crippen LogP contribution in [0.2, 0.25) is 0 Å². The topological polar surface area (TPSA) is 105 Å². The number of hydrogen-bond donors (Lipinski definition) is 0. The van der Waals surface area contributed by atoms with E-state index in [-0.39, 0.29) is 11.5 Å². The van der Waals surface area contributed by atoms with E-state index in [1.54, 1.807) is 0 Å². The molecule has 1 aromatic rings. The summed E-state index contributed by atoms with van der Waals surface area (Å²) >= 11 is 0. The number of nitrogens with zero attached hydrogens (tertiary/aromatic N) is 2. The van der Waals surface area contributed by atoms with Crippen molar-refractivity contribution in [2.75, 3.05) is 0 Å². The van der Waals surface area contributed by atoms with E-state index in [1.165, 1.54) is 24.3 Å². The summed E-state index contributed by atoms with van der Waals surface area (Å²) in [6.45, 7) is 0. The van der Waals surface area contributed by atoms with Crippen molar-refractivity contribution in [2.45, 2.75) is 0 Å². The van der Waals surface area contributed by atoms with Gasteiger partial charge in [-0.15, -0.1) is 20.2 Å². The summed E-state index contributed by atoms with van der Waals surface area (Å²) in [6.07, 6.45) is 0. The minimum Gasteiger partial charge on any atom is -0.276 e. The van der Waals surface area contributed by atoms with Gasteiger partial charge in [-0.3, -0.25) is 9.68 Å². The molecule has 0 atom stereocenters. The molecule has 1 aromatic carbocycles. The quantitative estimate of drug-likeness (QED) is 0.526. The first-order chi connectivity index (χ1) is 6.58. The summed E-state index contributed by atoms with van der Waals surface area (Å²) in [5.74, 6) is -0.0728. The first-order valence-corrected chi connectivity index (χ1v) is 3.33. The molecule has 0 saturated carbocycles. The van der Waals surface area contributed by atoms with Gasteiger partial charge < -0.3 is 0 Å². The molecule has 0 N–H and O–H groups in total. The first kappa shape index (κ1) is 9.71. The standard InChI is InChI=1S/C6H4N2O6/c9-7(10)13-5-1-2-6(4-3-5)14-8(11)12/h1-4H. The van der Waals surface area contributed by atoms with Gasteiger partial charge in [-0.2, -0.15) is 0 Å². The van der Waals surface area contributed by atoms with E-state index in [2.05, 4.69) is 9.68 Å². The fourth-order valence-corrected chi connectivity index (χ4v) is 0.733. The second kappa shape index (κ2) is 4.03. The highest BCUT2D eigenvalue weighted by Crippen LogP contribution is 2.17. The van der Waals surface area contributed by atoms with Gasteiger partial charge in [0.2, 0.25) is 0 Å². The van der Waals surface area contributed by atoms with Crippen LogP contribution in [0.1, 0.15) is 0 Å². The lowest BCUT2D eigenvalue weighted by molar-refractivity contribution is -0.712. The minimum absolute atomic E-state index is 0.0364. The highest BCUT2D eigenvalue weighted by molar-refractivity contribution is 5.30. The van der Waals surface area contributed by atoms with Gasteiger partial charge in [0, 0.05) is 0 Å². The van der Waals surface area contributed by atoms with Crippen molar-refractivity contribution < 1.29 is 19.8 Å². The third-order valence-corrected chi connectivity index (χ3v) is 1.18. The molecule has 8 nitrogen and oxygen atoms in total. The molecule has 0 heterocycles. The van der Waals surface area contributed by atoms with Gasteiger partial charge in [0.15, 0.2) is 0 Å². The summed E-state index contributed by atoms with van der Waals surface area (Å²) in [4.78, 5) is 27.9. The molecular weight excluding hydrogens is 196 g/mol. The van der Waals surface area contributed by atoms with Gasteiger partial charge in [0.25, 0.3) is 10.2 Å². The molecular formula is C6H4N2O6. The van der Waals surface area contributed by atoms with Crippen molar-refractivity contribution >= 4 is 0 Å². The maximum atomic E-state index is 9.88. The molecule has 74 valence electrons. The third kappa shape index (κ3) is 2.93. The molecule has 0 radical (unpaired) electrons. The van der Waals surface area contributed by atoms with E-state index in [1.807, 2.05) is 0 Å². The van der Waals surface area contributed by atoms with E-state index in [4.69, 9.17) is 0 Å². The first-order valence-electron chi connectivity index (χ1n) is 3.33. The van der Waals surface area contributed by atoms with Crippen LogP contribution in [0.3, 0.4) is 0 Å². The molecule has 0 fully saturated rings. The molecule has 0 amide bonds. The van der Waals surface area contributed by atoms with Gasteiger partial charge in [-0.25, -0.2) is 0 Å². The zero-order valence-electron chi connectivity index (χ0n) is 6.65. The van der Waals surface area contributed by atoms with Crippen molar-refractivity contribution in [3.8, 4) is 11.5 Å². The molecule has 0 aliphatic heterocycles. The number of rotatable bonds is 4. The monoisotopic (exact) mass is 200 g/mol. The summed E-state index contributed by atoms with van der Waals surface area (Å²) in [7, 11) is 0. The van der Waals surface area contributed by atoms with E-state index in [0.29, 0.717) is 0 Å². The maximum Gasteiger partial charge on any atom is 0.299 e. The fraction of sp³-hybridized carbons (Fsp3) is 0. The summed E-state index contributed by atoms with van der Waals surface area (Å²) in [5.41, 5.74) is 0. The lowest BCUT2D eigenvalue weighted by Gasteiger charge is -1.99. The fourth-order valence-electron chi connectivity index (χ4n) is 0.733. The Hall–Kier alpha value is -2.38. The Balaban J connectivity index is 2.68. The Kier molecular flexibility index (Phi) is 2.79. The molecule has 1 rings (SSSR count). The molecule has 0 aliphatic carbocycles. The molecule has 0 spiro atoms. The Morgan fingerprint density at radius 2 is 1.14 bits per heavy atom. The van der Waals surface area contributed by atoms with E-state index in [9.17, 15) is 20.2 Å². The van der Waals surface area contributed by atoms with Gasteiger partial charge in [-0.05, 0) is 24.3 Å². The van der Waals surface area contributed by atoms with Crippen LogP contribution in [0.15, 0.2) is 24.3 Å². The van der Waals surface area contributed by atoms with Crippen molar-refractivity contribution in [3.05, 3.63) is 44.5 Å². The van der Waals surface area contributed by atoms with Gasteiger partial charge in [0.05, 0.1) is 0 Å². The van der Waals surface area contributed by atoms with Gasteiger partial charge in [-0.1, -0.05) is 0 Å². The zero-order valence-corrected chi connectivity index (χ0v) is 6.65. The van der Waals surface area contributed by atoms with Crippen molar-refractivity contribution in [2.24, 2.45) is 0 Å². The normalized spacial score (nSPS) is 9.14. The molecule has 8 heteroatoms. The van der Waals surface area contributed by atoms with Crippen LogP contribution >= 0.6 is 0 Å². The summed E-state index contributed by atoms with van der Waals surface area (Å²) < 4.78 is 0. The Bertz CT molecular complexity index is 313. The predicted octanol–water partition coefficient (Wildman–Crippen LogP) is 0.828. The molecule has 0 aromatic heterocycles. The van der Waals surface area contributed by atoms with Crippen molar-refractivity contribution in [1.82, 2.24) is 0 Å². The van der Waals surface area contributed by atoms with Crippen LogP contribution in [0.4, 0.5) is 0 Å². The van der Waals surface area contributed by atoms with Crippen LogP contribution in [-0.2, 0) is 0 Å². The van der Waals surface area contributed by atoms with Crippen LogP contribution in [0.5, 0.6) is 11.5 Å². The van der Waals surface area contributed by atoms with Gasteiger partial charge in [0.1, 0.15) is 11.5 Å².